The molecule has 0 saturated carbocycles. The van der Waals surface area contributed by atoms with Crippen LogP contribution < -0.4 is 5.32 Å². The minimum atomic E-state index is 0.339. The highest BCUT2D eigenvalue weighted by molar-refractivity contribution is 5.15. The minimum absolute atomic E-state index is 0.339. The van der Waals surface area contributed by atoms with Crippen LogP contribution in [0.5, 0.6) is 0 Å². The molecule has 0 aromatic carbocycles. The van der Waals surface area contributed by atoms with Crippen LogP contribution in [-0.4, -0.2) is 42.2 Å². The molecule has 0 bridgehead atoms. The molecule has 0 radical (unpaired) electrons. The number of aryl methyl sites for hydroxylation is 1. The van der Waals surface area contributed by atoms with Crippen molar-refractivity contribution < 1.29 is 9.47 Å². The van der Waals surface area contributed by atoms with Gasteiger partial charge in [-0.25, -0.2) is 0 Å². The van der Waals surface area contributed by atoms with Crippen molar-refractivity contribution in [2.24, 2.45) is 7.05 Å². The zero-order chi connectivity index (χ0) is 13.5. The van der Waals surface area contributed by atoms with E-state index in [-0.39, 0.29) is 0 Å². The molecule has 0 aliphatic carbocycles. The second-order valence-corrected chi connectivity index (χ2v) is 5.12. The second-order valence-electron chi connectivity index (χ2n) is 5.12. The first kappa shape index (κ1) is 14.5. The zero-order valence-electron chi connectivity index (χ0n) is 12.0. The molecule has 2 heterocycles. The highest BCUT2D eigenvalue weighted by atomic mass is 16.5. The molecule has 1 N–H and O–H groups in total. The maximum atomic E-state index is 5.62. The fourth-order valence-corrected chi connectivity index (χ4v) is 2.23. The summed E-state index contributed by atoms with van der Waals surface area (Å²) in [6, 6.07) is 0. The predicted molar refractivity (Wildman–Crippen MR) is 74.1 cm³/mol. The van der Waals surface area contributed by atoms with Crippen LogP contribution in [0.15, 0.2) is 6.20 Å². The van der Waals surface area contributed by atoms with Gasteiger partial charge >= 0.3 is 0 Å². The van der Waals surface area contributed by atoms with E-state index in [4.69, 9.17) is 9.47 Å². The summed E-state index contributed by atoms with van der Waals surface area (Å²) in [5.41, 5.74) is 2.49. The summed E-state index contributed by atoms with van der Waals surface area (Å²) in [7, 11) is 1.97. The van der Waals surface area contributed by atoms with Crippen LogP contribution in [0.3, 0.4) is 0 Å². The highest BCUT2D eigenvalue weighted by Crippen LogP contribution is 2.11. The second kappa shape index (κ2) is 7.62. The SMILES string of the molecule is Cc1c(CNCCCOCC2CCCO2)cnn1C. The molecule has 5 nitrogen and oxygen atoms in total. The molecule has 19 heavy (non-hydrogen) atoms. The first-order valence-corrected chi connectivity index (χ1v) is 7.15. The van der Waals surface area contributed by atoms with Crippen molar-refractivity contribution in [1.29, 1.82) is 0 Å². The number of rotatable bonds is 8. The molecule has 2 rings (SSSR count). The van der Waals surface area contributed by atoms with Crippen molar-refractivity contribution in [3.05, 3.63) is 17.5 Å². The van der Waals surface area contributed by atoms with Gasteiger partial charge < -0.3 is 14.8 Å². The van der Waals surface area contributed by atoms with Crippen molar-refractivity contribution in [2.75, 3.05) is 26.4 Å². The van der Waals surface area contributed by atoms with Crippen molar-refractivity contribution in [1.82, 2.24) is 15.1 Å². The van der Waals surface area contributed by atoms with Crippen LogP contribution in [0.4, 0.5) is 0 Å². The summed E-state index contributed by atoms with van der Waals surface area (Å²) in [5, 5.41) is 7.65. The Morgan fingerprint density at radius 2 is 2.47 bits per heavy atom. The molecular weight excluding hydrogens is 242 g/mol. The van der Waals surface area contributed by atoms with Gasteiger partial charge in [-0.15, -0.1) is 0 Å². The van der Waals surface area contributed by atoms with E-state index in [2.05, 4.69) is 17.3 Å². The lowest BCUT2D eigenvalue weighted by Gasteiger charge is -2.10. The van der Waals surface area contributed by atoms with Crippen molar-refractivity contribution in [2.45, 2.75) is 38.8 Å². The van der Waals surface area contributed by atoms with Gasteiger partial charge in [0.25, 0.3) is 0 Å². The van der Waals surface area contributed by atoms with Crippen molar-refractivity contribution >= 4 is 0 Å². The molecule has 1 aromatic heterocycles. The summed E-state index contributed by atoms with van der Waals surface area (Å²) >= 11 is 0. The lowest BCUT2D eigenvalue weighted by molar-refractivity contribution is 0.0166. The fourth-order valence-electron chi connectivity index (χ4n) is 2.23. The Labute approximate surface area is 115 Å². The van der Waals surface area contributed by atoms with Crippen molar-refractivity contribution in [3.63, 3.8) is 0 Å². The topological polar surface area (TPSA) is 48.3 Å². The Hall–Kier alpha value is -0.910. The molecule has 1 saturated heterocycles. The Balaban J connectivity index is 1.47. The summed E-state index contributed by atoms with van der Waals surface area (Å²) in [5.74, 6) is 0. The minimum Gasteiger partial charge on any atom is -0.379 e. The van der Waals surface area contributed by atoms with Gasteiger partial charge in [0.1, 0.15) is 0 Å². The summed E-state index contributed by atoms with van der Waals surface area (Å²) in [6.07, 6.45) is 5.63. The van der Waals surface area contributed by atoms with Gasteiger partial charge in [-0.2, -0.15) is 5.10 Å². The number of nitrogens with one attached hydrogen (secondary N) is 1. The summed E-state index contributed by atoms with van der Waals surface area (Å²) in [4.78, 5) is 0. The Bertz CT molecular complexity index is 373. The molecule has 1 fully saturated rings. The highest BCUT2D eigenvalue weighted by Gasteiger charge is 2.14. The molecule has 1 aliphatic rings. The van der Waals surface area contributed by atoms with Gasteiger partial charge in [-0.1, -0.05) is 0 Å². The third kappa shape index (κ3) is 4.60. The van der Waals surface area contributed by atoms with E-state index in [1.54, 1.807) is 0 Å². The maximum Gasteiger partial charge on any atom is 0.0809 e. The lowest BCUT2D eigenvalue weighted by atomic mass is 10.2. The lowest BCUT2D eigenvalue weighted by Crippen LogP contribution is -2.19. The Morgan fingerprint density at radius 1 is 1.58 bits per heavy atom. The van der Waals surface area contributed by atoms with E-state index in [9.17, 15) is 0 Å². The first-order valence-electron chi connectivity index (χ1n) is 7.15. The van der Waals surface area contributed by atoms with Gasteiger partial charge in [0.15, 0.2) is 0 Å². The molecule has 1 atom stereocenters. The number of nitrogens with zero attached hydrogens (tertiary/aromatic N) is 2. The average molecular weight is 267 g/mol. The van der Waals surface area contributed by atoms with E-state index < -0.39 is 0 Å². The van der Waals surface area contributed by atoms with Gasteiger partial charge in [0.2, 0.25) is 0 Å². The summed E-state index contributed by atoms with van der Waals surface area (Å²) < 4.78 is 13.0. The smallest absolute Gasteiger partial charge is 0.0809 e. The van der Waals surface area contributed by atoms with Crippen LogP contribution in [0.1, 0.15) is 30.5 Å². The van der Waals surface area contributed by atoms with Crippen LogP contribution in [0, 0.1) is 6.92 Å². The monoisotopic (exact) mass is 267 g/mol. The molecule has 1 aromatic rings. The van der Waals surface area contributed by atoms with Crippen LogP contribution in [-0.2, 0) is 23.1 Å². The molecule has 0 spiro atoms. The third-order valence-corrected chi connectivity index (χ3v) is 3.62. The normalized spacial score (nSPS) is 19.2. The van der Waals surface area contributed by atoms with E-state index in [0.29, 0.717) is 6.10 Å². The van der Waals surface area contributed by atoms with Gasteiger partial charge in [0, 0.05) is 38.1 Å². The van der Waals surface area contributed by atoms with Crippen LogP contribution in [0.25, 0.3) is 0 Å². The largest absolute Gasteiger partial charge is 0.379 e. The van der Waals surface area contributed by atoms with E-state index in [1.165, 1.54) is 17.7 Å². The zero-order valence-corrected chi connectivity index (χ0v) is 12.0. The fraction of sp³-hybridized carbons (Fsp3) is 0.786. The molecular formula is C14H25N3O2. The van der Waals surface area contributed by atoms with E-state index in [1.807, 2.05) is 17.9 Å². The molecule has 5 heteroatoms. The van der Waals surface area contributed by atoms with E-state index in [0.717, 1.165) is 45.8 Å². The quantitative estimate of drug-likeness (QED) is 0.723. The Kier molecular flexibility index (Phi) is 5.82. The molecule has 0 amide bonds. The first-order chi connectivity index (χ1) is 9.27. The summed E-state index contributed by atoms with van der Waals surface area (Å²) in [6.45, 7) is 6.40. The Morgan fingerprint density at radius 3 is 3.16 bits per heavy atom. The number of ether oxygens (including phenoxy) is 2. The number of aromatic nitrogens is 2. The van der Waals surface area contributed by atoms with Gasteiger partial charge in [0.05, 0.1) is 18.9 Å². The molecule has 108 valence electrons. The number of hydrogen-bond donors (Lipinski definition) is 1. The van der Waals surface area contributed by atoms with Crippen molar-refractivity contribution in [3.8, 4) is 0 Å². The van der Waals surface area contributed by atoms with Crippen LogP contribution in [0.2, 0.25) is 0 Å². The average Bonchev–Trinajstić information content (AvgIpc) is 3.02. The van der Waals surface area contributed by atoms with Crippen LogP contribution >= 0.6 is 0 Å². The predicted octanol–water partition coefficient (Wildman–Crippen LogP) is 1.40. The molecule has 1 aliphatic heterocycles. The van der Waals surface area contributed by atoms with Gasteiger partial charge in [-0.05, 0) is 32.7 Å². The molecule has 1 unspecified atom stereocenters. The maximum absolute atomic E-state index is 5.62. The third-order valence-electron chi connectivity index (χ3n) is 3.62. The standard InChI is InChI=1S/C14H25N3O2/c1-12-13(10-16-17(12)2)9-15-6-4-7-18-11-14-5-3-8-19-14/h10,14-15H,3-9,11H2,1-2H3. The number of hydrogen-bond acceptors (Lipinski definition) is 4. The van der Waals surface area contributed by atoms with E-state index >= 15 is 0 Å². The van der Waals surface area contributed by atoms with Gasteiger partial charge in [-0.3, -0.25) is 4.68 Å².